The summed E-state index contributed by atoms with van der Waals surface area (Å²) in [6.07, 6.45) is 28.6. The van der Waals surface area contributed by atoms with Gasteiger partial charge in [-0.15, -0.1) is 25.7 Å². The smallest absolute Gasteiger partial charge is 0.472 e. The molecule has 0 aliphatic heterocycles. The van der Waals surface area contributed by atoms with E-state index < -0.39 is 11.9 Å². The number of carbonyl (C=O) groups is 2. The zero-order valence-corrected chi connectivity index (χ0v) is 12.8. The van der Waals surface area contributed by atoms with Gasteiger partial charge in [0.2, 0.25) is 0 Å². The van der Waals surface area contributed by atoms with Crippen LogP contribution in [0, 0.1) is 36.8 Å². The third-order valence-electron chi connectivity index (χ3n) is 1.42. The van der Waals surface area contributed by atoms with Gasteiger partial charge in [-0.3, -0.25) is 12.2 Å². The van der Waals surface area contributed by atoms with Crippen LogP contribution in [0.1, 0.15) is 12.8 Å². The van der Waals surface area contributed by atoms with Crippen molar-refractivity contribution in [2.24, 2.45) is 0 Å². The average molecular weight is 318 g/mol. The van der Waals surface area contributed by atoms with Crippen molar-refractivity contribution in [2.75, 3.05) is 0 Å². The SMILES string of the molecule is C#CC(=O)O.C#CC(=O)O.[C-]1=CC=CC1.[C-]1=CC=CC1.[Ti+2]. The van der Waals surface area contributed by atoms with Crippen LogP contribution in [-0.2, 0) is 31.3 Å². The molecule has 0 amide bonds. The Morgan fingerprint density at radius 2 is 1.19 bits per heavy atom. The van der Waals surface area contributed by atoms with Gasteiger partial charge in [-0.25, -0.2) is 33.9 Å². The fourth-order valence-electron chi connectivity index (χ4n) is 0.680. The van der Waals surface area contributed by atoms with E-state index in [1.165, 1.54) is 11.8 Å². The molecule has 5 heteroatoms. The zero-order valence-electron chi connectivity index (χ0n) is 11.2. The van der Waals surface area contributed by atoms with Crippen LogP contribution in [0.4, 0.5) is 0 Å². The summed E-state index contributed by atoms with van der Waals surface area (Å²) in [4.78, 5) is 18.3. The standard InChI is InChI=1S/2C5H5.2C3H2O2.Ti/c2*1-2-4-5-3-1;2*1-2-3(4)5;/h2*1-3H,4H2;2*1H,(H,4,5);/q2*-1;;;+2. The minimum absolute atomic E-state index is 0. The Hall–Kier alpha value is -2.27. The van der Waals surface area contributed by atoms with Crippen LogP contribution in [0.3, 0.4) is 0 Å². The number of aliphatic carboxylic acids is 2. The van der Waals surface area contributed by atoms with Gasteiger partial charge in [0.05, 0.1) is 0 Å². The Labute approximate surface area is 139 Å². The van der Waals surface area contributed by atoms with Gasteiger partial charge in [0.25, 0.3) is 0 Å². The maximum Gasteiger partial charge on any atom is 2.00 e. The summed E-state index contributed by atoms with van der Waals surface area (Å²) < 4.78 is 0. The predicted octanol–water partition coefficient (Wildman–Crippen LogP) is 2.02. The molecular formula is C16H14O4Ti. The normalized spacial score (nSPS) is 11.0. The van der Waals surface area contributed by atoms with E-state index in [1.807, 2.05) is 24.3 Å². The first-order valence-electron chi connectivity index (χ1n) is 5.37. The van der Waals surface area contributed by atoms with E-state index in [4.69, 9.17) is 19.8 Å². The van der Waals surface area contributed by atoms with E-state index in [-0.39, 0.29) is 21.7 Å². The molecule has 0 aromatic rings. The van der Waals surface area contributed by atoms with Crippen LogP contribution in [-0.4, -0.2) is 22.2 Å². The molecule has 0 radical (unpaired) electrons. The van der Waals surface area contributed by atoms with Crippen molar-refractivity contribution in [3.05, 3.63) is 48.6 Å². The van der Waals surface area contributed by atoms with Crippen LogP contribution in [0.2, 0.25) is 0 Å². The van der Waals surface area contributed by atoms with Crippen LogP contribution in [0.5, 0.6) is 0 Å². The van der Waals surface area contributed by atoms with E-state index in [0.717, 1.165) is 12.8 Å². The van der Waals surface area contributed by atoms with Crippen LogP contribution >= 0.6 is 0 Å². The number of carboxylic acid groups (broad SMARTS) is 2. The van der Waals surface area contributed by atoms with Gasteiger partial charge < -0.3 is 10.2 Å². The molecule has 0 fully saturated rings. The number of hydrogen-bond donors (Lipinski definition) is 2. The second kappa shape index (κ2) is 20.1. The van der Waals surface area contributed by atoms with E-state index in [1.54, 1.807) is 0 Å². The van der Waals surface area contributed by atoms with Crippen molar-refractivity contribution in [3.63, 3.8) is 0 Å². The summed E-state index contributed by atoms with van der Waals surface area (Å²) in [7, 11) is 0. The Morgan fingerprint density at radius 1 is 0.905 bits per heavy atom. The molecule has 0 saturated heterocycles. The number of carboxylic acids is 2. The summed E-state index contributed by atoms with van der Waals surface area (Å²) in [6.45, 7) is 0. The Morgan fingerprint density at radius 3 is 1.24 bits per heavy atom. The molecule has 0 aromatic heterocycles. The molecule has 0 spiro atoms. The van der Waals surface area contributed by atoms with Gasteiger partial charge >= 0.3 is 33.7 Å². The predicted molar refractivity (Wildman–Crippen MR) is 76.1 cm³/mol. The molecular weight excluding hydrogens is 304 g/mol. The van der Waals surface area contributed by atoms with Gasteiger partial charge in [-0.1, -0.05) is 0 Å². The minimum atomic E-state index is -1.22. The van der Waals surface area contributed by atoms with Crippen molar-refractivity contribution in [2.45, 2.75) is 12.8 Å². The van der Waals surface area contributed by atoms with Crippen molar-refractivity contribution >= 4 is 11.9 Å². The Balaban J connectivity index is -0.000000202. The molecule has 0 atom stereocenters. The quantitative estimate of drug-likeness (QED) is 0.407. The summed E-state index contributed by atoms with van der Waals surface area (Å²) in [5, 5.41) is 15.0. The molecule has 4 nitrogen and oxygen atoms in total. The van der Waals surface area contributed by atoms with Gasteiger partial charge in [-0.05, 0) is 0 Å². The second-order valence-corrected chi connectivity index (χ2v) is 2.91. The van der Waals surface area contributed by atoms with Gasteiger partial charge in [0.15, 0.2) is 0 Å². The van der Waals surface area contributed by atoms with Crippen molar-refractivity contribution < 1.29 is 41.5 Å². The van der Waals surface area contributed by atoms with Crippen LogP contribution < -0.4 is 0 Å². The maximum atomic E-state index is 9.13. The number of hydrogen-bond acceptors (Lipinski definition) is 2. The first-order chi connectivity index (χ1) is 9.54. The molecule has 2 aliphatic rings. The molecule has 0 bridgehead atoms. The van der Waals surface area contributed by atoms with E-state index in [9.17, 15) is 0 Å². The van der Waals surface area contributed by atoms with Gasteiger partial charge in [0.1, 0.15) is 0 Å². The van der Waals surface area contributed by atoms with E-state index in [2.05, 4.69) is 37.2 Å². The summed E-state index contributed by atoms with van der Waals surface area (Å²) >= 11 is 0. The van der Waals surface area contributed by atoms with Gasteiger partial charge in [0, 0.05) is 11.8 Å². The average Bonchev–Trinajstić information content (AvgIpc) is 3.16. The molecule has 2 aliphatic carbocycles. The first kappa shape index (κ1) is 23.8. The van der Waals surface area contributed by atoms with Gasteiger partial charge in [-0.2, -0.15) is 12.2 Å². The molecule has 106 valence electrons. The summed E-state index contributed by atoms with van der Waals surface area (Å²) in [5.41, 5.74) is 0. The molecule has 0 unspecified atom stereocenters. The van der Waals surface area contributed by atoms with Crippen LogP contribution in [0.25, 0.3) is 0 Å². The van der Waals surface area contributed by atoms with Crippen molar-refractivity contribution in [1.82, 2.24) is 0 Å². The van der Waals surface area contributed by atoms with Crippen LogP contribution in [0.15, 0.2) is 36.5 Å². The van der Waals surface area contributed by atoms with Crippen molar-refractivity contribution in [1.29, 1.82) is 0 Å². The number of terminal acetylenes is 2. The molecule has 2 N–H and O–H groups in total. The number of rotatable bonds is 0. The molecule has 0 heterocycles. The largest absolute Gasteiger partial charge is 2.00 e. The van der Waals surface area contributed by atoms with E-state index >= 15 is 0 Å². The number of allylic oxidation sites excluding steroid dienone is 8. The molecule has 0 saturated carbocycles. The fraction of sp³-hybridized carbons (Fsp3) is 0.125. The topological polar surface area (TPSA) is 74.6 Å². The van der Waals surface area contributed by atoms with E-state index in [0.29, 0.717) is 0 Å². The van der Waals surface area contributed by atoms with Crippen molar-refractivity contribution in [3.8, 4) is 24.7 Å². The second-order valence-electron chi connectivity index (χ2n) is 2.91. The first-order valence-corrected chi connectivity index (χ1v) is 5.37. The molecule has 2 rings (SSSR count). The molecule has 21 heavy (non-hydrogen) atoms. The summed E-state index contributed by atoms with van der Waals surface area (Å²) in [6, 6.07) is 0. The third kappa shape index (κ3) is 31.9. The minimum Gasteiger partial charge on any atom is -0.472 e. The monoisotopic (exact) mass is 318 g/mol. The Kier molecular flexibility index (Phi) is 22.7. The third-order valence-corrected chi connectivity index (χ3v) is 1.42. The Bertz CT molecular complexity index is 419. The fourth-order valence-corrected chi connectivity index (χ4v) is 0.680. The maximum absolute atomic E-state index is 9.13. The molecule has 0 aromatic carbocycles. The zero-order chi connectivity index (χ0) is 15.6. The summed E-state index contributed by atoms with van der Waals surface area (Å²) in [5.74, 6) is 0.454.